The van der Waals surface area contributed by atoms with Crippen molar-refractivity contribution in [3.63, 3.8) is 0 Å². The van der Waals surface area contributed by atoms with Crippen molar-refractivity contribution in [1.29, 1.82) is 0 Å². The quantitative estimate of drug-likeness (QED) is 0.830. The molecule has 0 bridgehead atoms. The maximum absolute atomic E-state index is 11.7. The predicted molar refractivity (Wildman–Crippen MR) is 71.4 cm³/mol. The van der Waals surface area contributed by atoms with E-state index >= 15 is 0 Å². The molecule has 1 heterocycles. The highest BCUT2D eigenvalue weighted by Gasteiger charge is 2.35. The lowest BCUT2D eigenvalue weighted by molar-refractivity contribution is 0.0394. The molecule has 1 atom stereocenters. The number of hydrogen-bond donors (Lipinski definition) is 2. The topological polar surface area (TPSA) is 75.8 Å². The highest BCUT2D eigenvalue weighted by atomic mass is 16.6. The van der Waals surface area contributed by atoms with Crippen molar-refractivity contribution in [3.05, 3.63) is 35.9 Å². The Hall–Kier alpha value is -1.59. The molecular formula is C14H20N2O3. The largest absolute Gasteiger partial charge is 0.445 e. The van der Waals surface area contributed by atoms with Gasteiger partial charge in [0.1, 0.15) is 6.61 Å². The zero-order valence-corrected chi connectivity index (χ0v) is 10.9. The van der Waals surface area contributed by atoms with Gasteiger partial charge < -0.3 is 20.5 Å². The number of aliphatic hydroxyl groups excluding tert-OH is 1. The lowest BCUT2D eigenvalue weighted by Gasteiger charge is -2.41. The second-order valence-corrected chi connectivity index (χ2v) is 4.88. The molecule has 1 aliphatic heterocycles. The third-order valence-electron chi connectivity index (χ3n) is 3.44. The van der Waals surface area contributed by atoms with Crippen LogP contribution in [0.25, 0.3) is 0 Å². The van der Waals surface area contributed by atoms with Crippen LogP contribution >= 0.6 is 0 Å². The van der Waals surface area contributed by atoms with Gasteiger partial charge in [-0.15, -0.1) is 0 Å². The van der Waals surface area contributed by atoms with Crippen LogP contribution in [-0.2, 0) is 11.3 Å². The standard InChI is InChI=1S/C14H20N2O3/c15-13(6-7-17)12-8-16(9-12)14(18)19-10-11-4-2-1-3-5-11/h1-5,12-13,17H,6-10,15H2/t13-/m1/s1. The first-order chi connectivity index (χ1) is 9.20. The van der Waals surface area contributed by atoms with Crippen molar-refractivity contribution in [3.8, 4) is 0 Å². The molecule has 1 aromatic rings. The van der Waals surface area contributed by atoms with Gasteiger partial charge in [0.05, 0.1) is 0 Å². The number of amides is 1. The minimum atomic E-state index is -0.295. The highest BCUT2D eigenvalue weighted by Crippen LogP contribution is 2.20. The molecule has 1 amide bonds. The molecule has 0 saturated carbocycles. The average Bonchev–Trinajstić information content (AvgIpc) is 2.36. The van der Waals surface area contributed by atoms with Crippen LogP contribution in [0.1, 0.15) is 12.0 Å². The van der Waals surface area contributed by atoms with Gasteiger partial charge in [-0.1, -0.05) is 30.3 Å². The summed E-state index contributed by atoms with van der Waals surface area (Å²) in [7, 11) is 0. The monoisotopic (exact) mass is 264 g/mol. The summed E-state index contributed by atoms with van der Waals surface area (Å²) in [6, 6.07) is 9.55. The van der Waals surface area contributed by atoms with Crippen LogP contribution < -0.4 is 5.73 Å². The molecule has 5 nitrogen and oxygen atoms in total. The van der Waals surface area contributed by atoms with Crippen molar-refractivity contribution >= 4 is 6.09 Å². The van der Waals surface area contributed by atoms with Crippen LogP contribution in [0.3, 0.4) is 0 Å². The number of nitrogens with two attached hydrogens (primary N) is 1. The summed E-state index contributed by atoms with van der Waals surface area (Å²) in [5, 5.41) is 8.81. The molecular weight excluding hydrogens is 244 g/mol. The third kappa shape index (κ3) is 3.68. The minimum absolute atomic E-state index is 0.0387. The zero-order chi connectivity index (χ0) is 13.7. The molecule has 0 radical (unpaired) electrons. The van der Waals surface area contributed by atoms with Crippen LogP contribution in [0.5, 0.6) is 0 Å². The number of benzene rings is 1. The van der Waals surface area contributed by atoms with Gasteiger partial charge in [0.15, 0.2) is 0 Å². The molecule has 1 aliphatic rings. The molecule has 0 aliphatic carbocycles. The summed E-state index contributed by atoms with van der Waals surface area (Å²) in [5.41, 5.74) is 6.85. The number of likely N-dealkylation sites (tertiary alicyclic amines) is 1. The van der Waals surface area contributed by atoms with Gasteiger partial charge >= 0.3 is 6.09 Å². The molecule has 5 heteroatoms. The fraction of sp³-hybridized carbons (Fsp3) is 0.500. The molecule has 1 saturated heterocycles. The second-order valence-electron chi connectivity index (χ2n) is 4.88. The molecule has 0 unspecified atom stereocenters. The van der Waals surface area contributed by atoms with E-state index < -0.39 is 0 Å². The Morgan fingerprint density at radius 2 is 2.11 bits per heavy atom. The minimum Gasteiger partial charge on any atom is -0.445 e. The lowest BCUT2D eigenvalue weighted by atomic mass is 9.91. The number of ether oxygens (including phenoxy) is 1. The number of carbonyl (C=O) groups is 1. The van der Waals surface area contributed by atoms with E-state index in [0.717, 1.165) is 5.56 Å². The van der Waals surface area contributed by atoms with E-state index in [-0.39, 0.29) is 24.7 Å². The van der Waals surface area contributed by atoms with Gasteiger partial charge in [0.25, 0.3) is 0 Å². The van der Waals surface area contributed by atoms with E-state index in [1.807, 2.05) is 30.3 Å². The number of nitrogens with zero attached hydrogens (tertiary/aromatic N) is 1. The molecule has 104 valence electrons. The molecule has 0 spiro atoms. The first-order valence-corrected chi connectivity index (χ1v) is 6.52. The molecule has 1 aromatic carbocycles. The zero-order valence-electron chi connectivity index (χ0n) is 10.9. The number of hydrogen-bond acceptors (Lipinski definition) is 4. The fourth-order valence-electron chi connectivity index (χ4n) is 2.13. The molecule has 2 rings (SSSR count). The number of aliphatic hydroxyl groups is 1. The van der Waals surface area contributed by atoms with Gasteiger partial charge in [-0.25, -0.2) is 4.79 Å². The SMILES string of the molecule is N[C@H](CCO)C1CN(C(=O)OCc2ccccc2)C1. The van der Waals surface area contributed by atoms with Gasteiger partial charge in [-0.05, 0) is 12.0 Å². The van der Waals surface area contributed by atoms with Crippen LogP contribution in [0.15, 0.2) is 30.3 Å². The Labute approximate surface area is 113 Å². The molecule has 0 aromatic heterocycles. The number of carbonyl (C=O) groups excluding carboxylic acids is 1. The maximum Gasteiger partial charge on any atom is 0.410 e. The van der Waals surface area contributed by atoms with E-state index in [4.69, 9.17) is 15.6 Å². The smallest absolute Gasteiger partial charge is 0.410 e. The van der Waals surface area contributed by atoms with E-state index in [2.05, 4.69) is 0 Å². The second kappa shape index (κ2) is 6.54. The van der Waals surface area contributed by atoms with Gasteiger partial charge in [0, 0.05) is 31.7 Å². The fourth-order valence-corrected chi connectivity index (χ4v) is 2.13. The summed E-state index contributed by atoms with van der Waals surface area (Å²) in [6.07, 6.45) is 0.286. The summed E-state index contributed by atoms with van der Waals surface area (Å²) in [5.74, 6) is 0.274. The Bertz CT molecular complexity index is 404. The first kappa shape index (κ1) is 13.8. The Balaban J connectivity index is 1.69. The Kier molecular flexibility index (Phi) is 4.76. The average molecular weight is 264 g/mol. The predicted octanol–water partition coefficient (Wildman–Crippen LogP) is 0.965. The number of rotatable bonds is 5. The summed E-state index contributed by atoms with van der Waals surface area (Å²) < 4.78 is 5.22. The van der Waals surface area contributed by atoms with E-state index in [0.29, 0.717) is 26.1 Å². The molecule has 1 fully saturated rings. The maximum atomic E-state index is 11.7. The van der Waals surface area contributed by atoms with Crippen molar-refractivity contribution in [2.75, 3.05) is 19.7 Å². The van der Waals surface area contributed by atoms with Crippen molar-refractivity contribution < 1.29 is 14.6 Å². The lowest BCUT2D eigenvalue weighted by Crippen LogP contribution is -2.56. The summed E-state index contributed by atoms with van der Waals surface area (Å²) in [4.78, 5) is 13.4. The summed E-state index contributed by atoms with van der Waals surface area (Å²) >= 11 is 0. The normalized spacial score (nSPS) is 16.8. The van der Waals surface area contributed by atoms with Gasteiger partial charge in [-0.2, -0.15) is 0 Å². The van der Waals surface area contributed by atoms with E-state index in [9.17, 15) is 4.79 Å². The van der Waals surface area contributed by atoms with Crippen LogP contribution in [-0.4, -0.2) is 41.8 Å². The van der Waals surface area contributed by atoms with Crippen molar-refractivity contribution in [2.24, 2.45) is 11.7 Å². The Morgan fingerprint density at radius 3 is 2.74 bits per heavy atom. The van der Waals surface area contributed by atoms with Gasteiger partial charge in [-0.3, -0.25) is 0 Å². The van der Waals surface area contributed by atoms with Crippen molar-refractivity contribution in [1.82, 2.24) is 4.90 Å². The van der Waals surface area contributed by atoms with Crippen LogP contribution in [0, 0.1) is 5.92 Å². The van der Waals surface area contributed by atoms with Crippen LogP contribution in [0.4, 0.5) is 4.79 Å². The van der Waals surface area contributed by atoms with Crippen LogP contribution in [0.2, 0.25) is 0 Å². The molecule has 3 N–H and O–H groups in total. The van der Waals surface area contributed by atoms with E-state index in [1.54, 1.807) is 4.90 Å². The van der Waals surface area contributed by atoms with E-state index in [1.165, 1.54) is 0 Å². The first-order valence-electron chi connectivity index (χ1n) is 6.52. The highest BCUT2D eigenvalue weighted by molar-refractivity contribution is 5.68. The van der Waals surface area contributed by atoms with Gasteiger partial charge in [0.2, 0.25) is 0 Å². The summed E-state index contributed by atoms with van der Waals surface area (Å²) in [6.45, 7) is 1.63. The van der Waals surface area contributed by atoms with Crippen molar-refractivity contribution in [2.45, 2.75) is 19.1 Å². The molecule has 19 heavy (non-hydrogen) atoms. The Morgan fingerprint density at radius 1 is 1.42 bits per heavy atom. The third-order valence-corrected chi connectivity index (χ3v) is 3.44.